The van der Waals surface area contributed by atoms with E-state index in [-0.39, 0.29) is 35.9 Å². The van der Waals surface area contributed by atoms with Crippen LogP contribution in [0.5, 0.6) is 5.75 Å². The van der Waals surface area contributed by atoms with E-state index in [1.54, 1.807) is 20.8 Å². The Morgan fingerprint density at radius 3 is 2.26 bits per heavy atom. The molecule has 2 N–H and O–H groups in total. The molecule has 0 fully saturated rings. The summed E-state index contributed by atoms with van der Waals surface area (Å²) in [7, 11) is -2.42. The second kappa shape index (κ2) is 10.7. The zero-order valence-electron chi connectivity index (χ0n) is 16.1. The van der Waals surface area contributed by atoms with Crippen molar-refractivity contribution in [3.05, 3.63) is 23.8 Å². The molecule has 2 amide bonds. The van der Waals surface area contributed by atoms with Crippen molar-refractivity contribution in [3.8, 4) is 5.75 Å². The molecule has 0 aromatic heterocycles. The van der Waals surface area contributed by atoms with Crippen molar-refractivity contribution in [1.29, 1.82) is 0 Å². The Labute approximate surface area is 160 Å². The Balaban J connectivity index is 2.91. The number of nitrogens with one attached hydrogen (secondary N) is 2. The summed E-state index contributed by atoms with van der Waals surface area (Å²) in [5.74, 6) is -0.290. The number of amides is 2. The molecule has 0 heterocycles. The molecular weight excluding hydrogens is 374 g/mol. The molecule has 0 aliphatic rings. The molecule has 1 aromatic rings. The number of hydrogen-bond acceptors (Lipinski definition) is 6. The molecule has 27 heavy (non-hydrogen) atoms. The third kappa shape index (κ3) is 6.10. The first-order valence-electron chi connectivity index (χ1n) is 8.68. The van der Waals surface area contributed by atoms with E-state index < -0.39 is 22.0 Å². The van der Waals surface area contributed by atoms with Gasteiger partial charge in [0.15, 0.2) is 0 Å². The molecule has 0 unspecified atom stereocenters. The molecule has 0 atom stereocenters. The second-order valence-electron chi connectivity index (χ2n) is 5.36. The summed E-state index contributed by atoms with van der Waals surface area (Å²) < 4.78 is 36.7. The molecule has 0 saturated heterocycles. The number of benzene rings is 1. The third-order valence-corrected chi connectivity index (χ3v) is 5.78. The Kier molecular flexibility index (Phi) is 9.03. The predicted octanol–water partition coefficient (Wildman–Crippen LogP) is 1.20. The molecule has 9 nitrogen and oxygen atoms in total. The fraction of sp³-hybridized carbons (Fsp3) is 0.529. The third-order valence-electron chi connectivity index (χ3n) is 3.70. The molecule has 0 aliphatic heterocycles. The number of ether oxygens (including phenoxy) is 2. The summed E-state index contributed by atoms with van der Waals surface area (Å²) in [4.78, 5) is 23.4. The number of carbonyl (C=O) groups excluding carboxylic acids is 2. The number of alkyl carbamates (subject to hydrolysis) is 1. The monoisotopic (exact) mass is 401 g/mol. The molecule has 0 radical (unpaired) electrons. The van der Waals surface area contributed by atoms with Gasteiger partial charge in [0.2, 0.25) is 10.0 Å². The van der Waals surface area contributed by atoms with Crippen LogP contribution in [0.15, 0.2) is 23.1 Å². The van der Waals surface area contributed by atoms with Crippen LogP contribution in [0.1, 0.15) is 31.1 Å². The van der Waals surface area contributed by atoms with E-state index in [0.29, 0.717) is 13.1 Å². The van der Waals surface area contributed by atoms with Gasteiger partial charge in [-0.15, -0.1) is 0 Å². The lowest BCUT2D eigenvalue weighted by Crippen LogP contribution is -2.35. The number of carbonyl (C=O) groups is 2. The van der Waals surface area contributed by atoms with Crippen LogP contribution >= 0.6 is 0 Å². The Bertz CT molecular complexity index is 747. The van der Waals surface area contributed by atoms with E-state index in [2.05, 4.69) is 10.6 Å². The van der Waals surface area contributed by atoms with Crippen LogP contribution in [0.2, 0.25) is 0 Å². The Morgan fingerprint density at radius 1 is 1.07 bits per heavy atom. The van der Waals surface area contributed by atoms with Crippen molar-refractivity contribution in [3.63, 3.8) is 0 Å². The average molecular weight is 401 g/mol. The van der Waals surface area contributed by atoms with E-state index in [9.17, 15) is 18.0 Å². The molecule has 152 valence electrons. The number of methoxy groups -OCH3 is 1. The molecule has 10 heteroatoms. The van der Waals surface area contributed by atoms with Crippen LogP contribution in [0.4, 0.5) is 4.79 Å². The van der Waals surface area contributed by atoms with Gasteiger partial charge in [-0.3, -0.25) is 4.79 Å². The zero-order chi connectivity index (χ0) is 20.4. The molecule has 1 rings (SSSR count). The van der Waals surface area contributed by atoms with Crippen molar-refractivity contribution in [2.75, 3.05) is 39.9 Å². The topological polar surface area (TPSA) is 114 Å². The van der Waals surface area contributed by atoms with Gasteiger partial charge < -0.3 is 20.1 Å². The molecule has 0 saturated carbocycles. The average Bonchev–Trinajstić information content (AvgIpc) is 2.65. The van der Waals surface area contributed by atoms with E-state index >= 15 is 0 Å². The highest BCUT2D eigenvalue weighted by molar-refractivity contribution is 7.89. The van der Waals surface area contributed by atoms with Crippen molar-refractivity contribution < 1.29 is 27.5 Å². The molecule has 0 spiro atoms. The minimum absolute atomic E-state index is 0.0639. The van der Waals surface area contributed by atoms with E-state index in [4.69, 9.17) is 9.47 Å². The van der Waals surface area contributed by atoms with Crippen molar-refractivity contribution in [1.82, 2.24) is 14.9 Å². The fourth-order valence-corrected chi connectivity index (χ4v) is 3.99. The van der Waals surface area contributed by atoms with Gasteiger partial charge in [-0.25, -0.2) is 13.2 Å². The van der Waals surface area contributed by atoms with Gasteiger partial charge in [0.25, 0.3) is 5.91 Å². The minimum atomic E-state index is -3.79. The van der Waals surface area contributed by atoms with Crippen LogP contribution in [0.25, 0.3) is 0 Å². The lowest BCUT2D eigenvalue weighted by molar-refractivity contribution is 0.0952. The molecule has 1 aromatic carbocycles. The lowest BCUT2D eigenvalue weighted by atomic mass is 10.2. The van der Waals surface area contributed by atoms with Crippen molar-refractivity contribution in [2.24, 2.45) is 0 Å². The zero-order valence-corrected chi connectivity index (χ0v) is 16.9. The number of rotatable bonds is 10. The first-order chi connectivity index (χ1) is 12.8. The van der Waals surface area contributed by atoms with Gasteiger partial charge in [0.05, 0.1) is 13.7 Å². The van der Waals surface area contributed by atoms with Crippen molar-refractivity contribution >= 4 is 22.0 Å². The van der Waals surface area contributed by atoms with E-state index in [1.165, 1.54) is 29.6 Å². The highest BCUT2D eigenvalue weighted by atomic mass is 32.2. The van der Waals surface area contributed by atoms with Crippen LogP contribution in [-0.4, -0.2) is 64.6 Å². The number of nitrogens with zero attached hydrogens (tertiary/aromatic N) is 1. The second-order valence-corrected chi connectivity index (χ2v) is 7.26. The predicted molar refractivity (Wildman–Crippen MR) is 100 cm³/mol. The Hall–Kier alpha value is -2.33. The van der Waals surface area contributed by atoms with Gasteiger partial charge in [-0.2, -0.15) is 4.31 Å². The molecular formula is C17H27N3O6S. The summed E-state index contributed by atoms with van der Waals surface area (Å²) in [5, 5.41) is 5.09. The van der Waals surface area contributed by atoms with E-state index in [1.807, 2.05) is 0 Å². The van der Waals surface area contributed by atoms with Gasteiger partial charge >= 0.3 is 6.09 Å². The molecule has 0 bridgehead atoms. The maximum absolute atomic E-state index is 12.8. The fourth-order valence-electron chi connectivity index (χ4n) is 2.35. The summed E-state index contributed by atoms with van der Waals surface area (Å²) in [6.45, 7) is 6.38. The quantitative estimate of drug-likeness (QED) is 0.570. The van der Waals surface area contributed by atoms with Gasteiger partial charge in [0, 0.05) is 31.7 Å². The number of hydrogen-bond donors (Lipinski definition) is 2. The van der Waals surface area contributed by atoms with Crippen LogP contribution in [-0.2, 0) is 14.8 Å². The van der Waals surface area contributed by atoms with Gasteiger partial charge in [-0.05, 0) is 25.1 Å². The standard InChI is InChI=1S/C17H27N3O6S/c1-5-20(6-2)27(23,24)15-12-13(8-9-14(15)25-4)16(21)18-10-11-19-17(22)26-7-3/h8-9,12H,5-7,10-11H2,1-4H3,(H,18,21)(H,19,22). The maximum atomic E-state index is 12.8. The highest BCUT2D eigenvalue weighted by Gasteiger charge is 2.26. The van der Waals surface area contributed by atoms with Crippen molar-refractivity contribution in [2.45, 2.75) is 25.7 Å². The summed E-state index contributed by atoms with van der Waals surface area (Å²) in [6, 6.07) is 4.22. The minimum Gasteiger partial charge on any atom is -0.495 e. The van der Waals surface area contributed by atoms with Gasteiger partial charge in [-0.1, -0.05) is 13.8 Å². The van der Waals surface area contributed by atoms with Crippen LogP contribution in [0, 0.1) is 0 Å². The summed E-state index contributed by atoms with van der Waals surface area (Å²) >= 11 is 0. The smallest absolute Gasteiger partial charge is 0.407 e. The molecule has 0 aliphatic carbocycles. The largest absolute Gasteiger partial charge is 0.495 e. The van der Waals surface area contributed by atoms with E-state index in [0.717, 1.165) is 0 Å². The first-order valence-corrected chi connectivity index (χ1v) is 10.1. The Morgan fingerprint density at radius 2 is 1.70 bits per heavy atom. The van der Waals surface area contributed by atoms with Crippen LogP contribution < -0.4 is 15.4 Å². The summed E-state index contributed by atoms with van der Waals surface area (Å²) in [5.41, 5.74) is 0.178. The van der Waals surface area contributed by atoms with Crippen LogP contribution in [0.3, 0.4) is 0 Å². The number of sulfonamides is 1. The van der Waals surface area contributed by atoms with Gasteiger partial charge in [0.1, 0.15) is 10.6 Å². The first kappa shape index (κ1) is 22.7. The normalized spacial score (nSPS) is 11.1. The SMILES string of the molecule is CCOC(=O)NCCNC(=O)c1ccc(OC)c(S(=O)(=O)N(CC)CC)c1. The lowest BCUT2D eigenvalue weighted by Gasteiger charge is -2.20. The maximum Gasteiger partial charge on any atom is 0.407 e. The summed E-state index contributed by atoms with van der Waals surface area (Å²) in [6.07, 6.45) is -0.566. The highest BCUT2D eigenvalue weighted by Crippen LogP contribution is 2.27.